The Morgan fingerprint density at radius 3 is 2.81 bits per heavy atom. The first-order valence-corrected chi connectivity index (χ1v) is 8.53. The molecule has 2 aromatic heterocycles. The van der Waals surface area contributed by atoms with Gasteiger partial charge in [-0.15, -0.1) is 0 Å². The lowest BCUT2D eigenvalue weighted by molar-refractivity contribution is 0.0822. The number of fused-ring (bicyclic) bond motifs is 4. The summed E-state index contributed by atoms with van der Waals surface area (Å²) in [5, 5.41) is 2.83. The van der Waals surface area contributed by atoms with Crippen LogP contribution in [0, 0.1) is 0 Å². The summed E-state index contributed by atoms with van der Waals surface area (Å²) in [4.78, 5) is 39.3. The fourth-order valence-electron chi connectivity index (χ4n) is 3.43. The van der Waals surface area contributed by atoms with Gasteiger partial charge in [0, 0.05) is 33.4 Å². The normalized spacial score (nSPS) is 17.7. The standard InChI is InChI=1S/C18H20N6O2/c1-22(2)17(25)13-6-7-14-16(20-13)24(12-8-10-23(14)11-12)18(26)21-15-5-3-4-9-19-15/h3-7,9,12H,8,10-11H2,1-2H3,(H,19,21,26). The van der Waals surface area contributed by atoms with Crippen LogP contribution in [0.5, 0.6) is 0 Å². The summed E-state index contributed by atoms with van der Waals surface area (Å²) in [6.45, 7) is 1.64. The Morgan fingerprint density at radius 2 is 2.08 bits per heavy atom. The molecule has 26 heavy (non-hydrogen) atoms. The Bertz CT molecular complexity index is 854. The van der Waals surface area contributed by atoms with Gasteiger partial charge in [-0.1, -0.05) is 6.07 Å². The number of carbonyl (C=O) groups is 2. The van der Waals surface area contributed by atoms with Gasteiger partial charge in [0.1, 0.15) is 11.5 Å². The van der Waals surface area contributed by atoms with Crippen LogP contribution in [0.2, 0.25) is 0 Å². The van der Waals surface area contributed by atoms with E-state index in [-0.39, 0.29) is 18.0 Å². The fourth-order valence-corrected chi connectivity index (χ4v) is 3.43. The Hall–Kier alpha value is -3.16. The second-order valence-electron chi connectivity index (χ2n) is 6.64. The van der Waals surface area contributed by atoms with Crippen molar-refractivity contribution in [3.63, 3.8) is 0 Å². The van der Waals surface area contributed by atoms with Crippen LogP contribution in [-0.2, 0) is 0 Å². The summed E-state index contributed by atoms with van der Waals surface area (Å²) < 4.78 is 0. The Kier molecular flexibility index (Phi) is 3.95. The minimum atomic E-state index is -0.279. The van der Waals surface area contributed by atoms with Gasteiger partial charge in [-0.3, -0.25) is 15.0 Å². The van der Waals surface area contributed by atoms with E-state index in [1.165, 1.54) is 4.90 Å². The lowest BCUT2D eigenvalue weighted by atomic mass is 10.1. The quantitative estimate of drug-likeness (QED) is 0.891. The van der Waals surface area contributed by atoms with Gasteiger partial charge < -0.3 is 9.80 Å². The van der Waals surface area contributed by atoms with Gasteiger partial charge in [0.25, 0.3) is 5.91 Å². The summed E-state index contributed by atoms with van der Waals surface area (Å²) in [5.41, 5.74) is 1.21. The molecule has 0 radical (unpaired) electrons. The Morgan fingerprint density at radius 1 is 1.23 bits per heavy atom. The van der Waals surface area contributed by atoms with Crippen molar-refractivity contribution >= 4 is 29.3 Å². The van der Waals surface area contributed by atoms with E-state index in [9.17, 15) is 9.59 Å². The minimum absolute atomic E-state index is 0.0309. The number of nitrogens with one attached hydrogen (secondary N) is 1. The number of pyridine rings is 2. The molecule has 4 rings (SSSR count). The van der Waals surface area contributed by atoms with Crippen molar-refractivity contribution in [2.24, 2.45) is 0 Å². The van der Waals surface area contributed by atoms with Crippen LogP contribution in [0.25, 0.3) is 0 Å². The average molecular weight is 352 g/mol. The topological polar surface area (TPSA) is 81.7 Å². The molecule has 2 aliphatic rings. The summed E-state index contributed by atoms with van der Waals surface area (Å²) in [6.07, 6.45) is 2.49. The van der Waals surface area contributed by atoms with Gasteiger partial charge in [0.2, 0.25) is 0 Å². The first-order valence-electron chi connectivity index (χ1n) is 8.53. The first-order chi connectivity index (χ1) is 12.5. The first kappa shape index (κ1) is 16.3. The largest absolute Gasteiger partial charge is 0.366 e. The van der Waals surface area contributed by atoms with Crippen LogP contribution < -0.4 is 15.1 Å². The maximum Gasteiger partial charge on any atom is 0.329 e. The average Bonchev–Trinajstić information content (AvgIpc) is 3.06. The summed E-state index contributed by atoms with van der Waals surface area (Å²) >= 11 is 0. The molecular weight excluding hydrogens is 332 g/mol. The molecule has 8 nitrogen and oxygen atoms in total. The third-order valence-corrected chi connectivity index (χ3v) is 4.70. The lowest BCUT2D eigenvalue weighted by Gasteiger charge is -2.35. The number of rotatable bonds is 2. The maximum absolute atomic E-state index is 13.0. The summed E-state index contributed by atoms with van der Waals surface area (Å²) in [7, 11) is 3.37. The number of amides is 3. The second-order valence-corrected chi connectivity index (χ2v) is 6.64. The molecule has 2 aliphatic heterocycles. The Labute approximate surface area is 151 Å². The molecule has 1 atom stereocenters. The SMILES string of the molecule is CN(C)C(=O)c1ccc2c(n1)N(C(=O)Nc1ccccn1)C1CCN2C1. The maximum atomic E-state index is 13.0. The predicted octanol–water partition coefficient (Wildman–Crippen LogP) is 1.81. The van der Waals surface area contributed by atoms with Crippen molar-refractivity contribution in [3.05, 3.63) is 42.2 Å². The number of carbonyl (C=O) groups excluding carboxylic acids is 2. The van der Waals surface area contributed by atoms with Crippen molar-refractivity contribution in [3.8, 4) is 0 Å². The highest BCUT2D eigenvalue weighted by Gasteiger charge is 2.40. The molecule has 0 aromatic carbocycles. The van der Waals surface area contributed by atoms with Gasteiger partial charge in [-0.2, -0.15) is 0 Å². The zero-order chi connectivity index (χ0) is 18.3. The molecular formula is C18H20N6O2. The van der Waals surface area contributed by atoms with E-state index < -0.39 is 0 Å². The zero-order valence-corrected chi connectivity index (χ0v) is 14.7. The molecule has 1 saturated heterocycles. The third-order valence-electron chi connectivity index (χ3n) is 4.70. The highest BCUT2D eigenvalue weighted by Crippen LogP contribution is 2.39. The van der Waals surface area contributed by atoms with E-state index in [0.29, 0.717) is 17.3 Å². The predicted molar refractivity (Wildman–Crippen MR) is 98.6 cm³/mol. The highest BCUT2D eigenvalue weighted by molar-refractivity contribution is 6.04. The molecule has 134 valence electrons. The molecule has 0 aliphatic carbocycles. The number of hydrogen-bond acceptors (Lipinski definition) is 5. The summed E-state index contributed by atoms with van der Waals surface area (Å²) in [5.74, 6) is 0.825. The minimum Gasteiger partial charge on any atom is -0.366 e. The van der Waals surface area contributed by atoms with E-state index in [0.717, 1.165) is 25.2 Å². The third kappa shape index (κ3) is 2.73. The monoisotopic (exact) mass is 352 g/mol. The molecule has 1 N–H and O–H groups in total. The number of anilines is 3. The zero-order valence-electron chi connectivity index (χ0n) is 14.7. The molecule has 1 unspecified atom stereocenters. The van der Waals surface area contributed by atoms with Crippen molar-refractivity contribution in [2.75, 3.05) is 42.3 Å². The molecule has 8 heteroatoms. The molecule has 3 amide bonds. The Balaban J connectivity index is 1.71. The molecule has 2 bridgehead atoms. The van der Waals surface area contributed by atoms with Gasteiger partial charge in [0.15, 0.2) is 5.82 Å². The number of urea groups is 1. The molecule has 4 heterocycles. The van der Waals surface area contributed by atoms with Crippen LogP contribution in [0.3, 0.4) is 0 Å². The van der Waals surface area contributed by atoms with E-state index in [2.05, 4.69) is 20.2 Å². The number of aromatic nitrogens is 2. The molecule has 0 saturated carbocycles. The van der Waals surface area contributed by atoms with Crippen LogP contribution in [0.1, 0.15) is 16.9 Å². The van der Waals surface area contributed by atoms with Crippen molar-refractivity contribution in [1.29, 1.82) is 0 Å². The van der Waals surface area contributed by atoms with Gasteiger partial charge in [-0.25, -0.2) is 14.8 Å². The fraction of sp³-hybridized carbons (Fsp3) is 0.333. The second kappa shape index (κ2) is 6.29. The van der Waals surface area contributed by atoms with Crippen molar-refractivity contribution < 1.29 is 9.59 Å². The van der Waals surface area contributed by atoms with Crippen LogP contribution >= 0.6 is 0 Å². The number of hydrogen-bond donors (Lipinski definition) is 1. The van der Waals surface area contributed by atoms with Crippen molar-refractivity contribution in [2.45, 2.75) is 12.5 Å². The van der Waals surface area contributed by atoms with E-state index in [4.69, 9.17) is 0 Å². The van der Waals surface area contributed by atoms with Crippen molar-refractivity contribution in [1.82, 2.24) is 14.9 Å². The summed E-state index contributed by atoms with van der Waals surface area (Å²) in [6, 6.07) is 8.69. The van der Waals surface area contributed by atoms with Crippen LogP contribution in [0.15, 0.2) is 36.5 Å². The van der Waals surface area contributed by atoms with E-state index >= 15 is 0 Å². The van der Waals surface area contributed by atoms with Crippen LogP contribution in [0.4, 0.5) is 22.1 Å². The van der Waals surface area contributed by atoms with E-state index in [1.807, 2.05) is 12.1 Å². The van der Waals surface area contributed by atoms with E-state index in [1.54, 1.807) is 43.4 Å². The van der Waals surface area contributed by atoms with Gasteiger partial charge in [-0.05, 0) is 30.7 Å². The smallest absolute Gasteiger partial charge is 0.329 e. The number of nitrogens with zero attached hydrogens (tertiary/aromatic N) is 5. The lowest BCUT2D eigenvalue weighted by Crippen LogP contribution is -2.48. The van der Waals surface area contributed by atoms with Gasteiger partial charge in [0.05, 0.1) is 11.7 Å². The van der Waals surface area contributed by atoms with Gasteiger partial charge >= 0.3 is 6.03 Å². The highest BCUT2D eigenvalue weighted by atomic mass is 16.2. The molecule has 2 aromatic rings. The molecule has 0 spiro atoms. The van der Waals surface area contributed by atoms with Crippen LogP contribution in [-0.4, -0.2) is 60.0 Å². The molecule has 1 fully saturated rings.